The molecule has 2 nitrogen and oxygen atoms in total. The molecule has 0 rings (SSSR count). The summed E-state index contributed by atoms with van der Waals surface area (Å²) < 4.78 is 403. The number of rotatable bonds is 14. The van der Waals surface area contributed by atoms with Gasteiger partial charge >= 0.3 is 89.4 Å². The van der Waals surface area contributed by atoms with Gasteiger partial charge in [-0.3, -0.25) is 0 Å². The molecule has 0 spiro atoms. The largest absolute Gasteiger partial charge is 0.462 e. The molecule has 0 aromatic rings. The fraction of sp³-hybridized carbons (Fsp3) is 0.842. The van der Waals surface area contributed by atoms with Crippen LogP contribution >= 0.6 is 0 Å². The van der Waals surface area contributed by atoms with Gasteiger partial charge in [-0.05, 0) is 0 Å². The minimum absolute atomic E-state index is 1.88. The molecule has 51 heavy (non-hydrogen) atoms. The van der Waals surface area contributed by atoms with E-state index in [1.165, 1.54) is 0 Å². The molecule has 0 saturated heterocycles. The van der Waals surface area contributed by atoms with Gasteiger partial charge in [0, 0.05) is 0 Å². The summed E-state index contributed by atoms with van der Waals surface area (Å²) in [7, 11) is 0. The smallest absolute Gasteiger partial charge is 0.438 e. The van der Waals surface area contributed by atoms with E-state index in [9.17, 15) is 137 Å². The molecule has 0 bridgehead atoms. The van der Waals surface area contributed by atoms with Crippen LogP contribution in [0.4, 0.5) is 132 Å². The first kappa shape index (κ1) is 48.1. The van der Waals surface area contributed by atoms with E-state index in [4.69, 9.17) is 0 Å². The number of alkyl halides is 30. The lowest BCUT2D eigenvalue weighted by Gasteiger charge is -2.46. The van der Waals surface area contributed by atoms with Crippen LogP contribution in [-0.2, 0) is 9.53 Å². The highest BCUT2D eigenvalue weighted by atomic mass is 19.4. The molecule has 0 aliphatic rings. The number of ether oxygens (including phenoxy) is 1. The first-order valence-corrected chi connectivity index (χ1v) is 11.1. The van der Waals surface area contributed by atoms with Gasteiger partial charge in [0.15, 0.2) is 0 Å². The van der Waals surface area contributed by atoms with Gasteiger partial charge in [0.2, 0.25) is 0 Å². The van der Waals surface area contributed by atoms with Crippen LogP contribution in [0.25, 0.3) is 0 Å². The number of hydrogen-bond acceptors (Lipinski definition) is 2. The van der Waals surface area contributed by atoms with Crippen molar-refractivity contribution in [2.24, 2.45) is 0 Å². The van der Waals surface area contributed by atoms with E-state index in [0.717, 1.165) is 0 Å². The Hall–Kier alpha value is -2.89. The Kier molecular flexibility index (Phi) is 11.6. The first-order valence-electron chi connectivity index (χ1n) is 11.1. The normalized spacial score (nSPS) is 16.4. The topological polar surface area (TPSA) is 26.3 Å². The lowest BCUT2D eigenvalue weighted by Crippen LogP contribution is -2.79. The van der Waals surface area contributed by atoms with E-state index in [-0.39, 0.29) is 0 Å². The lowest BCUT2D eigenvalue weighted by molar-refractivity contribution is -0.487. The standard InChI is InChI=1S/C19H6F30O2/c1-4(7(22,23)24)5(50)51-3-2-6(20,21)9(26,27)11(30,31)13(34,35)15(38,39)17(42,43)16(40,41)14(36,37)12(32,33)10(28,29)8(25,18(44,45)46)19(47,48)49/h1-3H2. The SMILES string of the molecule is C=C(C(=O)OCCC(F)(F)C(F)(F)C(F)(F)C(F)(F)C(F)(F)C(F)(F)C(F)(F)C(F)(F)C(F)(F)C(F)(F)C(F)(C(F)(F)F)C(F)(F)F)C(F)(F)F. The van der Waals surface area contributed by atoms with Crippen molar-refractivity contribution in [3.05, 3.63) is 12.2 Å². The van der Waals surface area contributed by atoms with Crippen molar-refractivity contribution in [3.63, 3.8) is 0 Å². The maximum atomic E-state index is 13.9. The van der Waals surface area contributed by atoms with Crippen LogP contribution in [0.3, 0.4) is 0 Å². The maximum Gasteiger partial charge on any atom is 0.438 e. The Labute approximate surface area is 257 Å². The van der Waals surface area contributed by atoms with E-state index in [2.05, 4.69) is 4.74 Å². The Bertz CT molecular complexity index is 1280. The predicted molar refractivity (Wildman–Crippen MR) is 96.2 cm³/mol. The van der Waals surface area contributed by atoms with Crippen molar-refractivity contribution in [3.8, 4) is 0 Å². The van der Waals surface area contributed by atoms with Gasteiger partial charge in [-0.25, -0.2) is 9.18 Å². The third kappa shape index (κ3) is 6.43. The predicted octanol–water partition coefficient (Wildman–Crippen LogP) is 10.2. The van der Waals surface area contributed by atoms with Crippen molar-refractivity contribution in [2.45, 2.75) is 89.8 Å². The van der Waals surface area contributed by atoms with E-state index in [1.807, 2.05) is 6.58 Å². The average molecular weight is 836 g/mol. The van der Waals surface area contributed by atoms with Crippen molar-refractivity contribution in [1.82, 2.24) is 0 Å². The molecule has 0 unspecified atom stereocenters. The van der Waals surface area contributed by atoms with Gasteiger partial charge in [0.25, 0.3) is 0 Å². The van der Waals surface area contributed by atoms with Gasteiger partial charge in [-0.15, -0.1) is 0 Å². The second kappa shape index (κ2) is 12.3. The molecule has 304 valence electrons. The molecule has 0 amide bonds. The average Bonchev–Trinajstić information content (AvgIpc) is 2.88. The highest BCUT2D eigenvalue weighted by Crippen LogP contribution is 2.69. The van der Waals surface area contributed by atoms with Crippen LogP contribution in [0.1, 0.15) is 6.42 Å². The molecular weight excluding hydrogens is 830 g/mol. The quantitative estimate of drug-likeness (QED) is 0.0990. The number of esters is 1. The molecule has 0 saturated carbocycles. The summed E-state index contributed by atoms with van der Waals surface area (Å²) in [5.74, 6) is -96.8. The van der Waals surface area contributed by atoms with Crippen LogP contribution in [-0.4, -0.2) is 96.0 Å². The zero-order valence-corrected chi connectivity index (χ0v) is 22.3. The molecule has 0 aromatic carbocycles. The molecule has 0 aromatic heterocycles. The summed E-state index contributed by atoms with van der Waals surface area (Å²) in [6.07, 6.45) is -26.9. The summed E-state index contributed by atoms with van der Waals surface area (Å²) in [5, 5.41) is 0. The Morgan fingerprint density at radius 2 is 0.627 bits per heavy atom. The number of carbonyl (C=O) groups is 1. The van der Waals surface area contributed by atoms with Gasteiger partial charge in [-0.2, -0.15) is 127 Å². The van der Waals surface area contributed by atoms with Gasteiger partial charge in [0.1, 0.15) is 5.57 Å². The van der Waals surface area contributed by atoms with Crippen molar-refractivity contribution in [1.29, 1.82) is 0 Å². The van der Waals surface area contributed by atoms with Crippen LogP contribution < -0.4 is 0 Å². The molecular formula is C19H6F30O2. The molecule has 0 aliphatic carbocycles. The minimum atomic E-state index is -9.96. The maximum absolute atomic E-state index is 13.9. The summed E-state index contributed by atoms with van der Waals surface area (Å²) in [6.45, 7) is -0.936. The van der Waals surface area contributed by atoms with Gasteiger partial charge in [-0.1, -0.05) is 6.58 Å². The van der Waals surface area contributed by atoms with E-state index in [0.29, 0.717) is 0 Å². The van der Waals surface area contributed by atoms with E-state index >= 15 is 0 Å². The lowest BCUT2D eigenvalue weighted by atomic mass is 9.82. The second-order valence-corrected chi connectivity index (χ2v) is 9.39. The Balaban J connectivity index is 7.22. The summed E-state index contributed by atoms with van der Waals surface area (Å²) >= 11 is 0. The van der Waals surface area contributed by atoms with Crippen LogP contribution in [0.5, 0.6) is 0 Å². The van der Waals surface area contributed by atoms with E-state index in [1.54, 1.807) is 0 Å². The van der Waals surface area contributed by atoms with Crippen LogP contribution in [0, 0.1) is 0 Å². The molecule has 0 atom stereocenters. The van der Waals surface area contributed by atoms with Crippen molar-refractivity contribution < 1.29 is 141 Å². The first-order chi connectivity index (χ1) is 21.5. The van der Waals surface area contributed by atoms with Crippen LogP contribution in [0.2, 0.25) is 0 Å². The third-order valence-electron chi connectivity index (χ3n) is 6.07. The summed E-state index contributed by atoms with van der Waals surface area (Å²) in [4.78, 5) is 10.9. The molecule has 0 N–H and O–H groups in total. The molecule has 0 heterocycles. The second-order valence-electron chi connectivity index (χ2n) is 9.39. The number of halogens is 30. The zero-order valence-electron chi connectivity index (χ0n) is 22.3. The third-order valence-corrected chi connectivity index (χ3v) is 6.07. The fourth-order valence-corrected chi connectivity index (χ4v) is 2.97. The van der Waals surface area contributed by atoms with Crippen molar-refractivity contribution in [2.75, 3.05) is 6.61 Å². The summed E-state index contributed by atoms with van der Waals surface area (Å²) in [6, 6.07) is 0. The Morgan fingerprint density at radius 1 is 0.392 bits per heavy atom. The van der Waals surface area contributed by atoms with E-state index < -0.39 is 108 Å². The number of hydrogen-bond donors (Lipinski definition) is 0. The van der Waals surface area contributed by atoms with Crippen LogP contribution in [0.15, 0.2) is 12.2 Å². The molecule has 0 radical (unpaired) electrons. The molecule has 0 fully saturated rings. The highest BCUT2D eigenvalue weighted by molar-refractivity contribution is 5.89. The highest BCUT2D eigenvalue weighted by Gasteiger charge is 3.01. The van der Waals surface area contributed by atoms with Gasteiger partial charge in [0.05, 0.1) is 13.0 Å². The Morgan fingerprint density at radius 3 is 0.863 bits per heavy atom. The monoisotopic (exact) mass is 836 g/mol. The molecule has 32 heteroatoms. The minimum Gasteiger partial charge on any atom is -0.462 e. The summed E-state index contributed by atoms with van der Waals surface area (Å²) in [5.41, 5.74) is -12.0. The zero-order chi connectivity index (χ0) is 42.3. The molecule has 0 aliphatic heterocycles. The van der Waals surface area contributed by atoms with Gasteiger partial charge < -0.3 is 4.74 Å². The fourth-order valence-electron chi connectivity index (χ4n) is 2.97. The van der Waals surface area contributed by atoms with Crippen molar-refractivity contribution >= 4 is 5.97 Å². The number of carbonyl (C=O) groups excluding carboxylic acids is 1.